The third-order valence-corrected chi connectivity index (χ3v) is 3.87. The molecule has 1 aromatic heterocycles. The lowest BCUT2D eigenvalue weighted by Gasteiger charge is -2.24. The summed E-state index contributed by atoms with van der Waals surface area (Å²) < 4.78 is 0. The van der Waals surface area contributed by atoms with Crippen LogP contribution in [0.2, 0.25) is 0 Å². The second-order valence-corrected chi connectivity index (χ2v) is 5.90. The van der Waals surface area contributed by atoms with Crippen LogP contribution in [0.25, 0.3) is 11.4 Å². The van der Waals surface area contributed by atoms with E-state index in [1.54, 1.807) is 6.07 Å². The van der Waals surface area contributed by atoms with Crippen molar-refractivity contribution in [3.05, 3.63) is 36.0 Å². The summed E-state index contributed by atoms with van der Waals surface area (Å²) in [5.41, 5.74) is 1.61. The van der Waals surface area contributed by atoms with Crippen molar-refractivity contribution in [1.82, 2.24) is 9.97 Å². The Kier molecular flexibility index (Phi) is 6.39. The number of aryl methyl sites for hydroxylation is 1. The third kappa shape index (κ3) is 4.68. The number of phenols is 1. The first-order chi connectivity index (χ1) is 11.2. The Labute approximate surface area is 139 Å². The summed E-state index contributed by atoms with van der Waals surface area (Å²) in [7, 11) is 0. The van der Waals surface area contributed by atoms with E-state index in [2.05, 4.69) is 23.7 Å². The standard InChI is InChI=1S/C19H27N3O/c1-4-6-12-22(13-7-5-2)18-14-15(3)20-19(21-18)16-10-8-9-11-17(16)23/h8-11,14,23H,4-7,12-13H2,1-3H3. The first-order valence-corrected chi connectivity index (χ1v) is 8.54. The summed E-state index contributed by atoms with van der Waals surface area (Å²) in [6, 6.07) is 9.27. The van der Waals surface area contributed by atoms with Crippen LogP contribution in [-0.2, 0) is 0 Å². The van der Waals surface area contributed by atoms with E-state index in [0.717, 1.165) is 37.4 Å². The molecule has 0 amide bonds. The zero-order valence-corrected chi connectivity index (χ0v) is 14.4. The van der Waals surface area contributed by atoms with Gasteiger partial charge in [0.25, 0.3) is 0 Å². The SMILES string of the molecule is CCCCN(CCCC)c1cc(C)nc(-c2ccccc2O)n1. The number of hydrogen-bond donors (Lipinski definition) is 1. The molecular formula is C19H27N3O. The molecule has 0 fully saturated rings. The van der Waals surface area contributed by atoms with Crippen molar-refractivity contribution in [3.8, 4) is 17.1 Å². The van der Waals surface area contributed by atoms with Gasteiger partial charge >= 0.3 is 0 Å². The van der Waals surface area contributed by atoms with E-state index in [-0.39, 0.29) is 5.75 Å². The maximum absolute atomic E-state index is 10.1. The molecule has 0 saturated heterocycles. The molecule has 4 nitrogen and oxygen atoms in total. The van der Waals surface area contributed by atoms with Gasteiger partial charge in [-0.25, -0.2) is 9.97 Å². The van der Waals surface area contributed by atoms with Crippen LogP contribution in [0, 0.1) is 6.92 Å². The molecule has 0 saturated carbocycles. The van der Waals surface area contributed by atoms with Gasteiger partial charge in [0.15, 0.2) is 5.82 Å². The number of unbranched alkanes of at least 4 members (excludes halogenated alkanes) is 2. The lowest BCUT2D eigenvalue weighted by atomic mass is 10.2. The molecule has 0 unspecified atom stereocenters. The van der Waals surface area contributed by atoms with Gasteiger partial charge in [0.05, 0.1) is 5.56 Å². The van der Waals surface area contributed by atoms with Crippen LogP contribution < -0.4 is 4.90 Å². The number of para-hydroxylation sites is 1. The van der Waals surface area contributed by atoms with Crippen LogP contribution in [0.3, 0.4) is 0 Å². The fraction of sp³-hybridized carbons (Fsp3) is 0.474. The molecule has 0 atom stereocenters. The maximum Gasteiger partial charge on any atom is 0.165 e. The first-order valence-electron chi connectivity index (χ1n) is 8.54. The van der Waals surface area contributed by atoms with Gasteiger partial charge in [0.1, 0.15) is 11.6 Å². The minimum Gasteiger partial charge on any atom is -0.507 e. The Bertz CT molecular complexity index is 620. The summed E-state index contributed by atoms with van der Waals surface area (Å²) >= 11 is 0. The normalized spacial score (nSPS) is 10.7. The van der Waals surface area contributed by atoms with Crippen molar-refractivity contribution >= 4 is 5.82 Å². The van der Waals surface area contributed by atoms with Crippen LogP contribution in [0.5, 0.6) is 5.75 Å². The van der Waals surface area contributed by atoms with Crippen LogP contribution in [0.4, 0.5) is 5.82 Å². The smallest absolute Gasteiger partial charge is 0.165 e. The van der Waals surface area contributed by atoms with Crippen molar-refractivity contribution in [2.24, 2.45) is 0 Å². The highest BCUT2D eigenvalue weighted by atomic mass is 16.3. The molecule has 2 rings (SSSR count). The highest BCUT2D eigenvalue weighted by molar-refractivity contribution is 5.65. The monoisotopic (exact) mass is 313 g/mol. The molecule has 124 valence electrons. The number of phenolic OH excluding ortho intramolecular Hbond substituents is 1. The quantitative estimate of drug-likeness (QED) is 0.776. The van der Waals surface area contributed by atoms with E-state index < -0.39 is 0 Å². The summed E-state index contributed by atoms with van der Waals surface area (Å²) in [6.45, 7) is 8.40. The number of hydrogen-bond acceptors (Lipinski definition) is 4. The molecule has 1 N–H and O–H groups in total. The molecule has 0 radical (unpaired) electrons. The zero-order chi connectivity index (χ0) is 16.7. The van der Waals surface area contributed by atoms with Crippen LogP contribution in [0.1, 0.15) is 45.2 Å². The summed E-state index contributed by atoms with van der Waals surface area (Å²) in [6.07, 6.45) is 4.63. The van der Waals surface area contributed by atoms with Crippen molar-refractivity contribution in [2.75, 3.05) is 18.0 Å². The molecule has 1 aromatic carbocycles. The van der Waals surface area contributed by atoms with Gasteiger partial charge in [-0.1, -0.05) is 38.8 Å². The van der Waals surface area contributed by atoms with Gasteiger partial charge in [-0.3, -0.25) is 0 Å². The van der Waals surface area contributed by atoms with Crippen molar-refractivity contribution in [2.45, 2.75) is 46.5 Å². The van der Waals surface area contributed by atoms with Gasteiger partial charge in [0.2, 0.25) is 0 Å². The van der Waals surface area contributed by atoms with Gasteiger partial charge in [-0.05, 0) is 31.9 Å². The van der Waals surface area contributed by atoms with Gasteiger partial charge < -0.3 is 10.0 Å². The van der Waals surface area contributed by atoms with Crippen molar-refractivity contribution in [1.29, 1.82) is 0 Å². The maximum atomic E-state index is 10.1. The van der Waals surface area contributed by atoms with Crippen molar-refractivity contribution in [3.63, 3.8) is 0 Å². The van der Waals surface area contributed by atoms with E-state index in [0.29, 0.717) is 11.4 Å². The average Bonchev–Trinajstić information content (AvgIpc) is 2.55. The highest BCUT2D eigenvalue weighted by Gasteiger charge is 2.13. The topological polar surface area (TPSA) is 49.2 Å². The predicted octanol–water partition coefficient (Wildman–Crippen LogP) is 4.56. The van der Waals surface area contributed by atoms with Crippen molar-refractivity contribution < 1.29 is 5.11 Å². The second-order valence-electron chi connectivity index (χ2n) is 5.90. The fourth-order valence-corrected chi connectivity index (χ4v) is 2.54. The number of aromatic hydroxyl groups is 1. The molecule has 1 heterocycles. The fourth-order valence-electron chi connectivity index (χ4n) is 2.54. The molecule has 0 aliphatic heterocycles. The average molecular weight is 313 g/mol. The Hall–Kier alpha value is -2.10. The number of nitrogens with zero attached hydrogens (tertiary/aromatic N) is 3. The number of aromatic nitrogens is 2. The zero-order valence-electron chi connectivity index (χ0n) is 14.4. The molecule has 2 aromatic rings. The molecule has 23 heavy (non-hydrogen) atoms. The predicted molar refractivity (Wildman–Crippen MR) is 95.9 cm³/mol. The summed E-state index contributed by atoms with van der Waals surface area (Å²) in [5, 5.41) is 10.1. The minimum absolute atomic E-state index is 0.220. The molecule has 0 aliphatic carbocycles. The molecule has 0 bridgehead atoms. The number of benzene rings is 1. The number of anilines is 1. The summed E-state index contributed by atoms with van der Waals surface area (Å²) in [5.74, 6) is 1.77. The third-order valence-electron chi connectivity index (χ3n) is 3.87. The molecule has 0 spiro atoms. The van der Waals surface area contributed by atoms with Crippen LogP contribution in [-0.4, -0.2) is 28.2 Å². The van der Waals surface area contributed by atoms with E-state index in [1.165, 1.54) is 12.8 Å². The first kappa shape index (κ1) is 17.3. The number of rotatable bonds is 8. The minimum atomic E-state index is 0.220. The van der Waals surface area contributed by atoms with E-state index in [1.807, 2.05) is 31.2 Å². The van der Waals surface area contributed by atoms with Gasteiger partial charge in [-0.2, -0.15) is 0 Å². The Morgan fingerprint density at radius 2 is 1.65 bits per heavy atom. The van der Waals surface area contributed by atoms with Gasteiger partial charge in [-0.15, -0.1) is 0 Å². The lowest BCUT2D eigenvalue weighted by Crippen LogP contribution is -2.27. The highest BCUT2D eigenvalue weighted by Crippen LogP contribution is 2.27. The summed E-state index contributed by atoms with van der Waals surface area (Å²) in [4.78, 5) is 11.6. The Morgan fingerprint density at radius 3 is 2.26 bits per heavy atom. The van der Waals surface area contributed by atoms with E-state index >= 15 is 0 Å². The van der Waals surface area contributed by atoms with E-state index in [9.17, 15) is 5.11 Å². The van der Waals surface area contributed by atoms with Crippen LogP contribution in [0.15, 0.2) is 30.3 Å². The Balaban J connectivity index is 2.35. The molecule has 0 aliphatic rings. The molecular weight excluding hydrogens is 286 g/mol. The van der Waals surface area contributed by atoms with Gasteiger partial charge in [0, 0.05) is 24.8 Å². The molecule has 4 heteroatoms. The van der Waals surface area contributed by atoms with Crippen LogP contribution >= 0.6 is 0 Å². The Morgan fingerprint density at radius 1 is 1.00 bits per heavy atom. The largest absolute Gasteiger partial charge is 0.507 e. The van der Waals surface area contributed by atoms with E-state index in [4.69, 9.17) is 4.98 Å². The second kappa shape index (κ2) is 8.51. The lowest BCUT2D eigenvalue weighted by molar-refractivity contribution is 0.477.